The molecule has 3 aromatic rings. The van der Waals surface area contributed by atoms with Crippen molar-refractivity contribution in [3.05, 3.63) is 71.0 Å². The average molecular weight is 452 g/mol. The molecule has 4 heterocycles. The predicted octanol–water partition coefficient (Wildman–Crippen LogP) is 3.63. The molecule has 0 radical (unpaired) electrons. The third-order valence-electron chi connectivity index (χ3n) is 5.64. The number of urea groups is 1. The number of aromatic nitrogens is 2. The van der Waals surface area contributed by atoms with E-state index in [2.05, 4.69) is 20.6 Å². The van der Waals surface area contributed by atoms with Crippen LogP contribution in [-0.2, 0) is 10.3 Å². The van der Waals surface area contributed by atoms with Gasteiger partial charge in [0, 0.05) is 18.2 Å². The predicted molar refractivity (Wildman–Crippen MR) is 121 cm³/mol. The van der Waals surface area contributed by atoms with E-state index in [4.69, 9.17) is 26.8 Å². The van der Waals surface area contributed by atoms with Crippen molar-refractivity contribution in [3.63, 3.8) is 0 Å². The number of halogens is 1. The van der Waals surface area contributed by atoms with Crippen LogP contribution in [0.1, 0.15) is 23.7 Å². The molecule has 1 fully saturated rings. The number of pyridine rings is 2. The summed E-state index contributed by atoms with van der Waals surface area (Å²) in [6, 6.07) is 14.4. The van der Waals surface area contributed by atoms with Crippen molar-refractivity contribution in [1.29, 1.82) is 0 Å². The van der Waals surface area contributed by atoms with E-state index in [1.807, 2.05) is 36.4 Å². The highest BCUT2D eigenvalue weighted by atomic mass is 35.5. The smallest absolute Gasteiger partial charge is 0.320 e. The van der Waals surface area contributed by atoms with Crippen LogP contribution in [0.2, 0.25) is 5.02 Å². The summed E-state index contributed by atoms with van der Waals surface area (Å²) in [5.74, 6) is 0.958. The highest BCUT2D eigenvalue weighted by Crippen LogP contribution is 2.36. The molecule has 8 nitrogen and oxygen atoms in total. The number of rotatable bonds is 4. The third kappa shape index (κ3) is 4.00. The van der Waals surface area contributed by atoms with Gasteiger partial charge < -0.3 is 20.5 Å². The monoisotopic (exact) mass is 451 g/mol. The molecule has 2 amide bonds. The van der Waals surface area contributed by atoms with Crippen LogP contribution in [0.25, 0.3) is 11.3 Å². The van der Waals surface area contributed by atoms with E-state index in [1.165, 1.54) is 0 Å². The molecular formula is C23H22ClN5O3. The van der Waals surface area contributed by atoms with Crippen LogP contribution < -0.4 is 21.1 Å². The van der Waals surface area contributed by atoms with Gasteiger partial charge in [0.05, 0.1) is 42.1 Å². The van der Waals surface area contributed by atoms with Crippen molar-refractivity contribution in [1.82, 2.24) is 15.3 Å². The molecule has 164 valence electrons. The van der Waals surface area contributed by atoms with E-state index in [0.29, 0.717) is 48.5 Å². The van der Waals surface area contributed by atoms with Gasteiger partial charge in [-0.2, -0.15) is 0 Å². The Labute approximate surface area is 190 Å². The maximum atomic E-state index is 12.6. The zero-order valence-corrected chi connectivity index (χ0v) is 17.9. The van der Waals surface area contributed by atoms with Gasteiger partial charge in [-0.15, -0.1) is 0 Å². The molecule has 0 unspecified atom stereocenters. The summed E-state index contributed by atoms with van der Waals surface area (Å²) in [6.45, 7) is 1.50. The second-order valence-corrected chi connectivity index (χ2v) is 8.34. The second-order valence-electron chi connectivity index (χ2n) is 7.93. The number of nitrogens with one attached hydrogen (secondary N) is 2. The molecule has 2 aliphatic heterocycles. The highest BCUT2D eigenvalue weighted by Gasteiger charge is 2.35. The van der Waals surface area contributed by atoms with Gasteiger partial charge in [0.25, 0.3) is 0 Å². The lowest BCUT2D eigenvalue weighted by atomic mass is 9.88. The van der Waals surface area contributed by atoms with Crippen molar-refractivity contribution >= 4 is 23.4 Å². The van der Waals surface area contributed by atoms with E-state index < -0.39 is 5.54 Å². The van der Waals surface area contributed by atoms with Crippen LogP contribution in [0.15, 0.2) is 54.7 Å². The molecule has 4 N–H and O–H groups in total. The molecule has 1 atom stereocenters. The van der Waals surface area contributed by atoms with Crippen molar-refractivity contribution in [2.75, 3.05) is 25.1 Å². The van der Waals surface area contributed by atoms with E-state index in [1.54, 1.807) is 18.3 Å². The number of benzene rings is 1. The topological polar surface area (TPSA) is 111 Å². The van der Waals surface area contributed by atoms with Crippen LogP contribution in [0.4, 0.5) is 10.6 Å². The van der Waals surface area contributed by atoms with E-state index in [-0.39, 0.29) is 12.1 Å². The number of amides is 2. The van der Waals surface area contributed by atoms with Crippen LogP contribution in [0.5, 0.6) is 5.75 Å². The first-order valence-corrected chi connectivity index (χ1v) is 10.7. The van der Waals surface area contributed by atoms with Gasteiger partial charge in [0.1, 0.15) is 11.5 Å². The van der Waals surface area contributed by atoms with E-state index >= 15 is 0 Å². The molecular weight excluding hydrogens is 430 g/mol. The van der Waals surface area contributed by atoms with Gasteiger partial charge in [-0.1, -0.05) is 41.9 Å². The molecule has 2 aromatic heterocycles. The normalized spacial score (nSPS) is 18.6. The SMILES string of the molecule is NC1(c2ccc(-c3cccc(NC(=O)N[C@@H]4CCOc5c(Cl)ccnc54)n3)cc2)COC1. The van der Waals surface area contributed by atoms with Crippen molar-refractivity contribution in [2.24, 2.45) is 5.73 Å². The maximum absolute atomic E-state index is 12.6. The molecule has 2 aliphatic rings. The number of anilines is 1. The van der Waals surface area contributed by atoms with Crippen molar-refractivity contribution in [3.8, 4) is 17.0 Å². The minimum Gasteiger partial charge on any atom is -0.490 e. The maximum Gasteiger partial charge on any atom is 0.320 e. The first-order chi connectivity index (χ1) is 15.5. The Hall–Kier alpha value is -3.20. The summed E-state index contributed by atoms with van der Waals surface area (Å²) in [5, 5.41) is 6.21. The van der Waals surface area contributed by atoms with Crippen molar-refractivity contribution < 1.29 is 14.3 Å². The number of nitrogens with two attached hydrogens (primary N) is 1. The Balaban J connectivity index is 1.28. The molecule has 0 spiro atoms. The van der Waals surface area contributed by atoms with Gasteiger partial charge in [0.2, 0.25) is 0 Å². The molecule has 0 aliphatic carbocycles. The summed E-state index contributed by atoms with van der Waals surface area (Å²) in [7, 11) is 0. The Kier molecular flexibility index (Phi) is 5.42. The largest absolute Gasteiger partial charge is 0.490 e. The fourth-order valence-electron chi connectivity index (χ4n) is 3.82. The summed E-state index contributed by atoms with van der Waals surface area (Å²) in [5.41, 5.74) is 9.21. The van der Waals surface area contributed by atoms with Gasteiger partial charge in [-0.25, -0.2) is 9.78 Å². The summed E-state index contributed by atoms with van der Waals surface area (Å²) in [6.07, 6.45) is 2.20. The Bertz CT molecular complexity index is 1150. The van der Waals surface area contributed by atoms with Gasteiger partial charge in [-0.3, -0.25) is 10.3 Å². The zero-order chi connectivity index (χ0) is 22.1. The van der Waals surface area contributed by atoms with Crippen LogP contribution in [-0.4, -0.2) is 35.8 Å². The fraction of sp³-hybridized carbons (Fsp3) is 0.261. The molecule has 0 saturated carbocycles. The molecule has 1 aromatic carbocycles. The van der Waals surface area contributed by atoms with Crippen molar-refractivity contribution in [2.45, 2.75) is 18.0 Å². The molecule has 32 heavy (non-hydrogen) atoms. The van der Waals surface area contributed by atoms with Crippen LogP contribution in [0.3, 0.4) is 0 Å². The number of fused-ring (bicyclic) bond motifs is 1. The lowest BCUT2D eigenvalue weighted by Crippen LogP contribution is -2.54. The number of ether oxygens (including phenoxy) is 2. The number of hydrogen-bond acceptors (Lipinski definition) is 6. The Morgan fingerprint density at radius 3 is 2.72 bits per heavy atom. The summed E-state index contributed by atoms with van der Waals surface area (Å²) >= 11 is 6.18. The number of carbonyl (C=O) groups is 1. The fourth-order valence-corrected chi connectivity index (χ4v) is 4.03. The Morgan fingerprint density at radius 1 is 1.16 bits per heavy atom. The number of carbonyl (C=O) groups excluding carboxylic acids is 1. The lowest BCUT2D eigenvalue weighted by Gasteiger charge is -2.38. The Morgan fingerprint density at radius 2 is 1.97 bits per heavy atom. The number of nitrogens with zero attached hydrogens (tertiary/aromatic N) is 2. The summed E-state index contributed by atoms with van der Waals surface area (Å²) < 4.78 is 10.8. The quantitative estimate of drug-likeness (QED) is 0.558. The minimum absolute atomic E-state index is 0.299. The average Bonchev–Trinajstić information content (AvgIpc) is 2.78. The summed E-state index contributed by atoms with van der Waals surface area (Å²) in [4.78, 5) is 21.5. The minimum atomic E-state index is -0.407. The van der Waals surface area contributed by atoms with Gasteiger partial charge in [-0.05, 0) is 23.8 Å². The van der Waals surface area contributed by atoms with Crippen LogP contribution >= 0.6 is 11.6 Å². The molecule has 1 saturated heterocycles. The third-order valence-corrected chi connectivity index (χ3v) is 5.94. The lowest BCUT2D eigenvalue weighted by molar-refractivity contribution is -0.0569. The van der Waals surface area contributed by atoms with Crippen LogP contribution in [0, 0.1) is 0 Å². The zero-order valence-electron chi connectivity index (χ0n) is 17.2. The highest BCUT2D eigenvalue weighted by molar-refractivity contribution is 6.32. The number of hydrogen-bond donors (Lipinski definition) is 3. The first-order valence-electron chi connectivity index (χ1n) is 10.3. The second kappa shape index (κ2) is 8.38. The van der Waals surface area contributed by atoms with Gasteiger partial charge >= 0.3 is 6.03 Å². The molecule has 5 rings (SSSR count). The van der Waals surface area contributed by atoms with Gasteiger partial charge in [0.15, 0.2) is 5.75 Å². The standard InChI is InChI=1S/C23H22ClN5O3/c24-16-8-10-26-20-18(9-11-32-21(16)20)28-22(30)29-19-3-1-2-17(27-19)14-4-6-15(7-5-14)23(25)12-31-13-23/h1-8,10,18H,9,11-13,25H2,(H2,27,28,29,30)/t18-/m1/s1. The molecule has 0 bridgehead atoms. The first kappa shape index (κ1) is 20.7. The van der Waals surface area contributed by atoms with E-state index in [0.717, 1.165) is 16.8 Å². The molecule has 9 heteroatoms. The van der Waals surface area contributed by atoms with E-state index in [9.17, 15) is 4.79 Å².